The molecule has 0 amide bonds. The lowest BCUT2D eigenvalue weighted by molar-refractivity contribution is -0.137. The zero-order valence-corrected chi connectivity index (χ0v) is 11.6. The van der Waals surface area contributed by atoms with Crippen LogP contribution in [0.3, 0.4) is 0 Å². The van der Waals surface area contributed by atoms with Crippen LogP contribution in [0.15, 0.2) is 42.6 Å². The molecule has 0 aliphatic carbocycles. The van der Waals surface area contributed by atoms with E-state index in [-0.39, 0.29) is 5.82 Å². The number of benzene rings is 1. The summed E-state index contributed by atoms with van der Waals surface area (Å²) < 4.78 is 38.3. The molecule has 2 aromatic rings. The molecule has 0 atom stereocenters. The second-order valence-corrected chi connectivity index (χ2v) is 4.61. The van der Waals surface area contributed by atoms with Gasteiger partial charge in [0.1, 0.15) is 5.82 Å². The number of pyridine rings is 1. The molecule has 0 saturated heterocycles. The van der Waals surface area contributed by atoms with Gasteiger partial charge in [-0.3, -0.25) is 0 Å². The fraction of sp³-hybridized carbons (Fsp3) is 0.267. The summed E-state index contributed by atoms with van der Waals surface area (Å²) in [5.41, 5.74) is 6.65. The second kappa shape index (κ2) is 6.03. The van der Waals surface area contributed by atoms with Gasteiger partial charge in [0.25, 0.3) is 0 Å². The lowest BCUT2D eigenvalue weighted by Gasteiger charge is -2.23. The predicted molar refractivity (Wildman–Crippen MR) is 76.8 cm³/mol. The third-order valence-corrected chi connectivity index (χ3v) is 3.19. The van der Waals surface area contributed by atoms with Gasteiger partial charge in [-0.25, -0.2) is 4.98 Å². The molecule has 0 aliphatic heterocycles. The number of aromatic nitrogens is 1. The van der Waals surface area contributed by atoms with Gasteiger partial charge in [-0.15, -0.1) is 0 Å². The molecule has 1 aromatic carbocycles. The topological polar surface area (TPSA) is 42.1 Å². The highest BCUT2D eigenvalue weighted by Gasteiger charge is 2.31. The summed E-state index contributed by atoms with van der Waals surface area (Å²) in [4.78, 5) is 5.79. The molecule has 2 rings (SSSR count). The molecule has 0 aliphatic rings. The van der Waals surface area contributed by atoms with Crippen molar-refractivity contribution in [1.29, 1.82) is 0 Å². The molecule has 0 radical (unpaired) electrons. The third-order valence-electron chi connectivity index (χ3n) is 3.19. The van der Waals surface area contributed by atoms with Crippen LogP contribution in [-0.2, 0) is 12.7 Å². The van der Waals surface area contributed by atoms with E-state index in [0.717, 1.165) is 17.7 Å². The van der Waals surface area contributed by atoms with E-state index in [1.807, 2.05) is 25.1 Å². The maximum Gasteiger partial charge on any atom is 0.416 e. The van der Waals surface area contributed by atoms with Crippen LogP contribution >= 0.6 is 0 Å². The van der Waals surface area contributed by atoms with E-state index in [2.05, 4.69) is 4.98 Å². The number of para-hydroxylation sites is 1. The summed E-state index contributed by atoms with van der Waals surface area (Å²) in [5, 5.41) is 0. The highest BCUT2D eigenvalue weighted by molar-refractivity contribution is 5.50. The van der Waals surface area contributed by atoms with E-state index in [0.29, 0.717) is 18.8 Å². The van der Waals surface area contributed by atoms with Gasteiger partial charge in [0.15, 0.2) is 0 Å². The summed E-state index contributed by atoms with van der Waals surface area (Å²) in [6.07, 6.45) is -3.20. The number of hydrogen-bond acceptors (Lipinski definition) is 3. The second-order valence-electron chi connectivity index (χ2n) is 4.61. The number of rotatable bonds is 4. The molecule has 0 fully saturated rings. The van der Waals surface area contributed by atoms with Crippen molar-refractivity contribution in [2.75, 3.05) is 17.2 Å². The SMILES string of the molecule is CCN(Cc1ccccc1N)c1cc(C(F)(F)F)ccn1. The Balaban J connectivity index is 2.28. The van der Waals surface area contributed by atoms with Crippen molar-refractivity contribution in [3.63, 3.8) is 0 Å². The molecule has 3 nitrogen and oxygen atoms in total. The fourth-order valence-corrected chi connectivity index (χ4v) is 2.01. The zero-order valence-electron chi connectivity index (χ0n) is 11.6. The van der Waals surface area contributed by atoms with Crippen molar-refractivity contribution in [1.82, 2.24) is 4.98 Å². The van der Waals surface area contributed by atoms with Crippen LogP contribution in [-0.4, -0.2) is 11.5 Å². The molecule has 1 aromatic heterocycles. The summed E-state index contributed by atoms with van der Waals surface area (Å²) >= 11 is 0. The Morgan fingerprint density at radius 3 is 2.52 bits per heavy atom. The minimum atomic E-state index is -4.37. The van der Waals surface area contributed by atoms with Crippen molar-refractivity contribution in [2.24, 2.45) is 0 Å². The average Bonchev–Trinajstić information content (AvgIpc) is 2.46. The van der Waals surface area contributed by atoms with Gasteiger partial charge in [0.2, 0.25) is 0 Å². The average molecular weight is 295 g/mol. The van der Waals surface area contributed by atoms with Gasteiger partial charge in [-0.2, -0.15) is 13.2 Å². The summed E-state index contributed by atoms with van der Waals surface area (Å²) in [6.45, 7) is 2.81. The molecule has 0 spiro atoms. The number of alkyl halides is 3. The molecule has 21 heavy (non-hydrogen) atoms. The lowest BCUT2D eigenvalue weighted by Crippen LogP contribution is -2.24. The number of anilines is 2. The first-order chi connectivity index (χ1) is 9.91. The smallest absolute Gasteiger partial charge is 0.398 e. The van der Waals surface area contributed by atoms with Gasteiger partial charge < -0.3 is 10.6 Å². The molecule has 0 saturated carbocycles. The Hall–Kier alpha value is -2.24. The van der Waals surface area contributed by atoms with E-state index < -0.39 is 11.7 Å². The van der Waals surface area contributed by atoms with Crippen LogP contribution in [0.2, 0.25) is 0 Å². The van der Waals surface area contributed by atoms with Crippen molar-refractivity contribution in [3.05, 3.63) is 53.7 Å². The van der Waals surface area contributed by atoms with Crippen molar-refractivity contribution in [3.8, 4) is 0 Å². The third kappa shape index (κ3) is 3.65. The first-order valence-corrected chi connectivity index (χ1v) is 6.53. The Labute approximate surface area is 121 Å². The quantitative estimate of drug-likeness (QED) is 0.874. The van der Waals surface area contributed by atoms with Gasteiger partial charge in [-0.1, -0.05) is 18.2 Å². The Kier molecular flexibility index (Phi) is 4.35. The normalized spacial score (nSPS) is 11.4. The van der Waals surface area contributed by atoms with Crippen LogP contribution in [0.1, 0.15) is 18.1 Å². The van der Waals surface area contributed by atoms with E-state index in [1.54, 1.807) is 11.0 Å². The zero-order chi connectivity index (χ0) is 15.5. The number of nitrogens with two attached hydrogens (primary N) is 1. The largest absolute Gasteiger partial charge is 0.416 e. The minimum Gasteiger partial charge on any atom is -0.398 e. The molecule has 112 valence electrons. The molecule has 6 heteroatoms. The summed E-state index contributed by atoms with van der Waals surface area (Å²) in [5.74, 6) is 0.288. The first kappa shape index (κ1) is 15.2. The van der Waals surface area contributed by atoms with E-state index in [9.17, 15) is 13.2 Å². The number of hydrogen-bond donors (Lipinski definition) is 1. The molecular formula is C15H16F3N3. The Morgan fingerprint density at radius 1 is 1.19 bits per heavy atom. The predicted octanol–water partition coefficient (Wildman–Crippen LogP) is 3.71. The van der Waals surface area contributed by atoms with Gasteiger partial charge in [0.05, 0.1) is 5.56 Å². The van der Waals surface area contributed by atoms with Crippen LogP contribution in [0.25, 0.3) is 0 Å². The highest BCUT2D eigenvalue weighted by Crippen LogP contribution is 2.31. The van der Waals surface area contributed by atoms with Crippen LogP contribution in [0.4, 0.5) is 24.7 Å². The van der Waals surface area contributed by atoms with Crippen molar-refractivity contribution >= 4 is 11.5 Å². The molecule has 2 N–H and O–H groups in total. The highest BCUT2D eigenvalue weighted by atomic mass is 19.4. The minimum absolute atomic E-state index is 0.288. The summed E-state index contributed by atoms with van der Waals surface area (Å²) in [6, 6.07) is 9.31. The van der Waals surface area contributed by atoms with Gasteiger partial charge >= 0.3 is 6.18 Å². The van der Waals surface area contributed by atoms with Crippen molar-refractivity contribution in [2.45, 2.75) is 19.6 Å². The standard InChI is InChI=1S/C15H16F3N3/c1-2-21(10-11-5-3-4-6-13(11)19)14-9-12(7-8-20-14)15(16,17)18/h3-9H,2,10,19H2,1H3. The number of nitrogens with zero attached hydrogens (tertiary/aromatic N) is 2. The number of nitrogen functional groups attached to an aromatic ring is 1. The maximum absolute atomic E-state index is 12.8. The van der Waals surface area contributed by atoms with E-state index in [1.165, 1.54) is 6.20 Å². The summed E-state index contributed by atoms with van der Waals surface area (Å²) in [7, 11) is 0. The van der Waals surface area contributed by atoms with Crippen molar-refractivity contribution < 1.29 is 13.2 Å². The monoisotopic (exact) mass is 295 g/mol. The Morgan fingerprint density at radius 2 is 1.90 bits per heavy atom. The fourth-order valence-electron chi connectivity index (χ4n) is 2.01. The Bertz CT molecular complexity index is 611. The first-order valence-electron chi connectivity index (χ1n) is 6.53. The van der Waals surface area contributed by atoms with Gasteiger partial charge in [0, 0.05) is 25.0 Å². The van der Waals surface area contributed by atoms with E-state index in [4.69, 9.17) is 5.73 Å². The van der Waals surface area contributed by atoms with Crippen LogP contribution < -0.4 is 10.6 Å². The molecule has 0 bridgehead atoms. The molecule has 1 heterocycles. The van der Waals surface area contributed by atoms with Crippen LogP contribution in [0.5, 0.6) is 0 Å². The van der Waals surface area contributed by atoms with E-state index >= 15 is 0 Å². The molecular weight excluding hydrogens is 279 g/mol. The lowest BCUT2D eigenvalue weighted by atomic mass is 10.1. The van der Waals surface area contributed by atoms with Crippen LogP contribution in [0, 0.1) is 0 Å². The van der Waals surface area contributed by atoms with Gasteiger partial charge in [-0.05, 0) is 30.7 Å². The number of halogens is 3. The maximum atomic E-state index is 12.8. The molecule has 0 unspecified atom stereocenters.